The number of carbonyl (C=O) groups is 2. The van der Waals surface area contributed by atoms with E-state index in [9.17, 15) is 9.59 Å². The van der Waals surface area contributed by atoms with Crippen LogP contribution in [0.2, 0.25) is 0 Å². The van der Waals surface area contributed by atoms with Gasteiger partial charge in [0.25, 0.3) is 5.91 Å². The first-order chi connectivity index (χ1) is 13.5. The number of thiazole rings is 1. The Morgan fingerprint density at radius 3 is 2.75 bits per heavy atom. The second-order valence-electron chi connectivity index (χ2n) is 7.89. The molecule has 7 heteroatoms. The number of nitrogens with zero attached hydrogens (tertiary/aromatic N) is 2. The predicted molar refractivity (Wildman–Crippen MR) is 108 cm³/mol. The zero-order valence-electron chi connectivity index (χ0n) is 15.9. The number of amides is 1. The second kappa shape index (κ2) is 8.01. The number of aliphatic carboxylic acids is 1. The normalized spacial score (nSPS) is 21.4. The van der Waals surface area contributed by atoms with Gasteiger partial charge < -0.3 is 10.4 Å². The molecule has 148 valence electrons. The van der Waals surface area contributed by atoms with Crippen molar-refractivity contribution in [2.45, 2.75) is 44.7 Å². The van der Waals surface area contributed by atoms with Crippen LogP contribution in [0.25, 0.3) is 11.3 Å². The van der Waals surface area contributed by atoms with E-state index < -0.39 is 5.97 Å². The Morgan fingerprint density at radius 1 is 1.32 bits per heavy atom. The first kappa shape index (κ1) is 19.1. The average molecular weight is 400 g/mol. The van der Waals surface area contributed by atoms with E-state index in [1.807, 2.05) is 36.6 Å². The van der Waals surface area contributed by atoms with E-state index in [1.54, 1.807) is 11.3 Å². The van der Waals surface area contributed by atoms with E-state index in [4.69, 9.17) is 5.11 Å². The Kier molecular flexibility index (Phi) is 5.46. The molecule has 1 aromatic carbocycles. The van der Waals surface area contributed by atoms with Gasteiger partial charge in [-0.1, -0.05) is 12.1 Å². The second-order valence-corrected chi connectivity index (χ2v) is 8.96. The summed E-state index contributed by atoms with van der Waals surface area (Å²) in [6, 6.07) is 7.91. The maximum Gasteiger partial charge on any atom is 0.317 e. The summed E-state index contributed by atoms with van der Waals surface area (Å²) >= 11 is 1.59. The maximum absolute atomic E-state index is 12.6. The lowest BCUT2D eigenvalue weighted by Gasteiger charge is -2.42. The molecule has 2 N–H and O–H groups in total. The number of benzene rings is 1. The number of aryl methyl sites for hydroxylation is 1. The molecule has 0 saturated heterocycles. The Balaban J connectivity index is 1.33. The van der Waals surface area contributed by atoms with Gasteiger partial charge in [0.05, 0.1) is 17.2 Å². The lowest BCUT2D eigenvalue weighted by atomic mass is 9.85. The standard InChI is InChI=1S/C21H25N3O3S/c1-13-22-19(12-28-13)15-3-2-4-16(7-15)21(27)23-17-8-18(9-17)24(11-20(25)26)10-14-5-6-14/h2-4,7,12,14,17-18H,5-6,8-11H2,1H3,(H,23,27)(H,25,26). The van der Waals surface area contributed by atoms with Crippen molar-refractivity contribution in [3.05, 3.63) is 40.2 Å². The summed E-state index contributed by atoms with van der Waals surface area (Å²) in [5, 5.41) is 15.2. The molecule has 2 aromatic rings. The summed E-state index contributed by atoms with van der Waals surface area (Å²) in [6.45, 7) is 2.93. The van der Waals surface area contributed by atoms with Crippen LogP contribution in [0, 0.1) is 12.8 Å². The highest BCUT2D eigenvalue weighted by atomic mass is 32.1. The zero-order valence-corrected chi connectivity index (χ0v) is 16.7. The number of carboxylic acids is 1. The summed E-state index contributed by atoms with van der Waals surface area (Å²) in [6.07, 6.45) is 4.04. The molecule has 1 aromatic heterocycles. The van der Waals surface area contributed by atoms with Crippen LogP contribution in [0.15, 0.2) is 29.6 Å². The van der Waals surface area contributed by atoms with E-state index in [0.717, 1.165) is 35.7 Å². The maximum atomic E-state index is 12.6. The van der Waals surface area contributed by atoms with Crippen LogP contribution in [0.1, 0.15) is 41.0 Å². The predicted octanol–water partition coefficient (Wildman–Crippen LogP) is 3.18. The number of nitrogens with one attached hydrogen (secondary N) is 1. The monoisotopic (exact) mass is 399 g/mol. The molecule has 0 bridgehead atoms. The van der Waals surface area contributed by atoms with Crippen LogP contribution in [0.4, 0.5) is 0 Å². The molecule has 0 radical (unpaired) electrons. The highest BCUT2D eigenvalue weighted by Crippen LogP contribution is 2.34. The molecule has 0 spiro atoms. The number of carboxylic acid groups (broad SMARTS) is 1. The van der Waals surface area contributed by atoms with Gasteiger partial charge in [-0.25, -0.2) is 4.98 Å². The minimum Gasteiger partial charge on any atom is -0.480 e. The number of carbonyl (C=O) groups excluding carboxylic acids is 1. The van der Waals surface area contributed by atoms with Gasteiger partial charge in [0.15, 0.2) is 0 Å². The minimum atomic E-state index is -0.776. The molecule has 2 aliphatic rings. The third-order valence-corrected chi connectivity index (χ3v) is 6.31. The molecule has 1 heterocycles. The van der Waals surface area contributed by atoms with Gasteiger partial charge in [0.2, 0.25) is 0 Å². The Hall–Kier alpha value is -2.25. The van der Waals surface area contributed by atoms with E-state index in [2.05, 4.69) is 15.2 Å². The molecule has 28 heavy (non-hydrogen) atoms. The van der Waals surface area contributed by atoms with Crippen LogP contribution in [-0.2, 0) is 4.79 Å². The average Bonchev–Trinajstić information content (AvgIpc) is 3.34. The molecular weight excluding hydrogens is 374 g/mol. The molecule has 0 atom stereocenters. The molecule has 2 saturated carbocycles. The third kappa shape index (κ3) is 4.59. The van der Waals surface area contributed by atoms with E-state index >= 15 is 0 Å². The third-order valence-electron chi connectivity index (χ3n) is 5.53. The van der Waals surface area contributed by atoms with E-state index in [1.165, 1.54) is 12.8 Å². The SMILES string of the molecule is Cc1nc(-c2cccc(C(=O)NC3CC(N(CC(=O)O)CC4CC4)C3)c2)cs1. The van der Waals surface area contributed by atoms with Crippen molar-refractivity contribution < 1.29 is 14.7 Å². The van der Waals surface area contributed by atoms with Crippen molar-refractivity contribution in [2.75, 3.05) is 13.1 Å². The van der Waals surface area contributed by atoms with E-state index in [0.29, 0.717) is 11.5 Å². The van der Waals surface area contributed by atoms with Crippen molar-refractivity contribution >= 4 is 23.2 Å². The fourth-order valence-corrected chi connectivity index (χ4v) is 4.36. The topological polar surface area (TPSA) is 82.5 Å². The van der Waals surface area contributed by atoms with Gasteiger partial charge in [0, 0.05) is 35.1 Å². The van der Waals surface area contributed by atoms with E-state index in [-0.39, 0.29) is 24.5 Å². The summed E-state index contributed by atoms with van der Waals surface area (Å²) in [4.78, 5) is 30.3. The van der Waals surface area contributed by atoms with Crippen molar-refractivity contribution in [3.8, 4) is 11.3 Å². The van der Waals surface area contributed by atoms with Gasteiger partial charge in [0.1, 0.15) is 0 Å². The molecule has 2 fully saturated rings. The highest BCUT2D eigenvalue weighted by molar-refractivity contribution is 7.09. The molecule has 4 rings (SSSR count). The van der Waals surface area contributed by atoms with Gasteiger partial charge in [-0.15, -0.1) is 11.3 Å². The molecule has 0 aliphatic heterocycles. The summed E-state index contributed by atoms with van der Waals surface area (Å²) in [5.41, 5.74) is 2.47. The number of aromatic nitrogens is 1. The highest BCUT2D eigenvalue weighted by Gasteiger charge is 2.37. The molecule has 1 amide bonds. The first-order valence-electron chi connectivity index (χ1n) is 9.77. The zero-order chi connectivity index (χ0) is 19.7. The summed E-state index contributed by atoms with van der Waals surface area (Å²) < 4.78 is 0. The fraction of sp³-hybridized carbons (Fsp3) is 0.476. The first-order valence-corrected chi connectivity index (χ1v) is 10.6. The van der Waals surface area contributed by atoms with Crippen LogP contribution in [-0.4, -0.2) is 52.0 Å². The van der Waals surface area contributed by atoms with Crippen molar-refractivity contribution in [1.82, 2.24) is 15.2 Å². The quantitative estimate of drug-likeness (QED) is 0.712. The van der Waals surface area contributed by atoms with Crippen LogP contribution < -0.4 is 5.32 Å². The lowest BCUT2D eigenvalue weighted by molar-refractivity contribution is -0.139. The molecule has 0 unspecified atom stereocenters. The summed E-state index contributed by atoms with van der Waals surface area (Å²) in [5.74, 6) is -0.198. The fourth-order valence-electron chi connectivity index (χ4n) is 3.74. The smallest absolute Gasteiger partial charge is 0.317 e. The largest absolute Gasteiger partial charge is 0.480 e. The van der Waals surface area contributed by atoms with Crippen molar-refractivity contribution in [2.24, 2.45) is 5.92 Å². The molecular formula is C21H25N3O3S. The number of hydrogen-bond donors (Lipinski definition) is 2. The van der Waals surface area contributed by atoms with Crippen LogP contribution in [0.5, 0.6) is 0 Å². The molecule has 6 nitrogen and oxygen atoms in total. The Morgan fingerprint density at radius 2 is 2.11 bits per heavy atom. The Bertz CT molecular complexity index is 871. The van der Waals surface area contributed by atoms with Gasteiger partial charge in [-0.3, -0.25) is 14.5 Å². The number of hydrogen-bond acceptors (Lipinski definition) is 5. The van der Waals surface area contributed by atoms with Gasteiger partial charge in [-0.2, -0.15) is 0 Å². The molecule has 2 aliphatic carbocycles. The van der Waals surface area contributed by atoms with Crippen LogP contribution >= 0.6 is 11.3 Å². The van der Waals surface area contributed by atoms with Crippen molar-refractivity contribution in [3.63, 3.8) is 0 Å². The summed E-state index contributed by atoms with van der Waals surface area (Å²) in [7, 11) is 0. The number of rotatable bonds is 8. The minimum absolute atomic E-state index is 0.0794. The Labute approximate surface area is 168 Å². The van der Waals surface area contributed by atoms with Gasteiger partial charge in [-0.05, 0) is 50.7 Å². The van der Waals surface area contributed by atoms with Crippen molar-refractivity contribution in [1.29, 1.82) is 0 Å². The van der Waals surface area contributed by atoms with Crippen LogP contribution in [0.3, 0.4) is 0 Å². The lowest BCUT2D eigenvalue weighted by Crippen LogP contribution is -2.55. The van der Waals surface area contributed by atoms with Gasteiger partial charge >= 0.3 is 5.97 Å².